The van der Waals surface area contributed by atoms with E-state index in [0.717, 1.165) is 44.1 Å². The van der Waals surface area contributed by atoms with Crippen LogP contribution in [0.5, 0.6) is 0 Å². The highest BCUT2D eigenvalue weighted by atomic mass is 35.5. The average molecular weight is 456 g/mol. The fourth-order valence-electron chi connectivity index (χ4n) is 3.76. The molecule has 0 saturated carbocycles. The summed E-state index contributed by atoms with van der Waals surface area (Å²) in [7, 11) is -3.99. The monoisotopic (exact) mass is 455 g/mol. The summed E-state index contributed by atoms with van der Waals surface area (Å²) in [6, 6.07) is 8.44. The van der Waals surface area contributed by atoms with Gasteiger partial charge < -0.3 is 4.90 Å². The Morgan fingerprint density at radius 3 is 2.37 bits per heavy atom. The van der Waals surface area contributed by atoms with Crippen LogP contribution in [0.3, 0.4) is 0 Å². The van der Waals surface area contributed by atoms with Crippen molar-refractivity contribution in [3.05, 3.63) is 64.7 Å². The second kappa shape index (κ2) is 9.88. The summed E-state index contributed by atoms with van der Waals surface area (Å²) in [5.41, 5.74) is -0.198. The Bertz CT molecular complexity index is 990. The summed E-state index contributed by atoms with van der Waals surface area (Å²) in [6.45, 7) is 1.53. The zero-order valence-electron chi connectivity index (χ0n) is 16.5. The minimum Gasteiger partial charge on any atom is -0.343 e. The standard InChI is InChI=1S/C22H24ClF2NO3S/c23-16-7-10-18(11-8-16)30(28,29)21(19-15-17(24)9-12-20(19)25)5-1-2-6-22(27)26-13-3-4-14-26/h7-12,15,21H,1-6,13-14H2. The van der Waals surface area contributed by atoms with E-state index < -0.39 is 26.7 Å². The van der Waals surface area contributed by atoms with Crippen LogP contribution in [0, 0.1) is 11.6 Å². The lowest BCUT2D eigenvalue weighted by atomic mass is 10.0. The Hall–Kier alpha value is -1.99. The molecule has 1 aliphatic rings. The third kappa shape index (κ3) is 5.38. The Balaban J connectivity index is 1.78. The van der Waals surface area contributed by atoms with Gasteiger partial charge in [0.25, 0.3) is 0 Å². The molecule has 1 unspecified atom stereocenters. The number of carbonyl (C=O) groups is 1. The minimum absolute atomic E-state index is 0.00583. The molecule has 0 bridgehead atoms. The van der Waals surface area contributed by atoms with Crippen molar-refractivity contribution < 1.29 is 22.0 Å². The van der Waals surface area contributed by atoms with Crippen LogP contribution in [0.1, 0.15) is 49.3 Å². The van der Waals surface area contributed by atoms with Gasteiger partial charge in [-0.15, -0.1) is 0 Å². The lowest BCUT2D eigenvalue weighted by Crippen LogP contribution is -2.27. The van der Waals surface area contributed by atoms with Gasteiger partial charge in [0.05, 0.1) is 10.1 Å². The molecule has 0 radical (unpaired) electrons. The third-order valence-electron chi connectivity index (χ3n) is 5.39. The fourth-order valence-corrected chi connectivity index (χ4v) is 5.72. The summed E-state index contributed by atoms with van der Waals surface area (Å²) in [4.78, 5) is 14.0. The Morgan fingerprint density at radius 2 is 1.70 bits per heavy atom. The molecule has 3 rings (SSSR count). The smallest absolute Gasteiger partial charge is 0.222 e. The average Bonchev–Trinajstić information content (AvgIpc) is 3.25. The largest absolute Gasteiger partial charge is 0.343 e. The molecule has 0 aliphatic carbocycles. The van der Waals surface area contributed by atoms with Gasteiger partial charge in [0, 0.05) is 30.1 Å². The van der Waals surface area contributed by atoms with Gasteiger partial charge in [-0.25, -0.2) is 17.2 Å². The number of hydrogen-bond donors (Lipinski definition) is 0. The number of amides is 1. The molecule has 2 aromatic rings. The van der Waals surface area contributed by atoms with Gasteiger partial charge >= 0.3 is 0 Å². The number of hydrogen-bond acceptors (Lipinski definition) is 3. The molecular formula is C22H24ClF2NO3S. The van der Waals surface area contributed by atoms with Crippen LogP contribution in [-0.2, 0) is 14.6 Å². The first-order chi connectivity index (χ1) is 14.3. The van der Waals surface area contributed by atoms with E-state index in [1.54, 1.807) is 0 Å². The lowest BCUT2D eigenvalue weighted by Gasteiger charge is -2.20. The molecule has 0 N–H and O–H groups in total. The SMILES string of the molecule is O=C(CCCCC(c1cc(F)ccc1F)S(=O)(=O)c1ccc(Cl)cc1)N1CCCC1. The van der Waals surface area contributed by atoms with Crippen molar-refractivity contribution in [2.45, 2.75) is 48.7 Å². The van der Waals surface area contributed by atoms with E-state index in [9.17, 15) is 22.0 Å². The van der Waals surface area contributed by atoms with Gasteiger partial charge in [-0.2, -0.15) is 0 Å². The molecule has 0 aromatic heterocycles. The van der Waals surface area contributed by atoms with Gasteiger partial charge in [-0.05, 0) is 68.1 Å². The molecule has 1 amide bonds. The van der Waals surface area contributed by atoms with E-state index in [2.05, 4.69) is 0 Å². The Kier molecular flexibility index (Phi) is 7.47. The van der Waals surface area contributed by atoms with Crippen LogP contribution < -0.4 is 0 Å². The quantitative estimate of drug-likeness (QED) is 0.506. The zero-order chi connectivity index (χ0) is 21.7. The first kappa shape index (κ1) is 22.7. The Morgan fingerprint density at radius 1 is 1.03 bits per heavy atom. The second-order valence-electron chi connectivity index (χ2n) is 7.49. The summed E-state index contributed by atoms with van der Waals surface area (Å²) in [6.07, 6.45) is 3.29. The van der Waals surface area contributed by atoms with Gasteiger partial charge in [-0.1, -0.05) is 18.0 Å². The highest BCUT2D eigenvalue weighted by Crippen LogP contribution is 2.35. The van der Waals surface area contributed by atoms with Gasteiger partial charge in [0.2, 0.25) is 5.91 Å². The van der Waals surface area contributed by atoms with Gasteiger partial charge in [0.15, 0.2) is 9.84 Å². The highest BCUT2D eigenvalue weighted by Gasteiger charge is 2.31. The molecular weight excluding hydrogens is 432 g/mol. The normalized spacial score (nSPS) is 15.4. The van der Waals surface area contributed by atoms with E-state index in [4.69, 9.17) is 11.6 Å². The molecule has 0 spiro atoms. The van der Waals surface area contributed by atoms with Crippen molar-refractivity contribution in [2.24, 2.45) is 0 Å². The summed E-state index contributed by atoms with van der Waals surface area (Å²) >= 11 is 5.85. The van der Waals surface area contributed by atoms with Crippen LogP contribution in [-0.4, -0.2) is 32.3 Å². The lowest BCUT2D eigenvalue weighted by molar-refractivity contribution is -0.130. The third-order valence-corrected chi connectivity index (χ3v) is 7.81. The molecule has 8 heteroatoms. The number of rotatable bonds is 8. The molecule has 162 valence electrons. The molecule has 1 fully saturated rings. The van der Waals surface area contributed by atoms with Crippen LogP contribution >= 0.6 is 11.6 Å². The van der Waals surface area contributed by atoms with Gasteiger partial charge in [-0.3, -0.25) is 4.79 Å². The van der Waals surface area contributed by atoms with Crippen molar-refractivity contribution in [3.63, 3.8) is 0 Å². The first-order valence-electron chi connectivity index (χ1n) is 10.0. The minimum atomic E-state index is -3.99. The van der Waals surface area contributed by atoms with Crippen molar-refractivity contribution in [3.8, 4) is 0 Å². The number of sulfone groups is 1. The Labute approximate surface area is 180 Å². The van der Waals surface area contributed by atoms with E-state index in [0.29, 0.717) is 24.3 Å². The molecule has 1 aliphatic heterocycles. The first-order valence-corrected chi connectivity index (χ1v) is 11.9. The van der Waals surface area contributed by atoms with Crippen LogP contribution in [0.25, 0.3) is 0 Å². The number of carbonyl (C=O) groups excluding carboxylic acids is 1. The van der Waals surface area contributed by atoms with Crippen molar-refractivity contribution >= 4 is 27.3 Å². The molecule has 30 heavy (non-hydrogen) atoms. The van der Waals surface area contributed by atoms with Crippen LogP contribution in [0.4, 0.5) is 8.78 Å². The number of unbranched alkanes of at least 4 members (excludes halogenated alkanes) is 1. The summed E-state index contributed by atoms with van der Waals surface area (Å²) in [5.74, 6) is -1.42. The maximum Gasteiger partial charge on any atom is 0.222 e. The number of nitrogens with zero attached hydrogens (tertiary/aromatic N) is 1. The summed E-state index contributed by atoms with van der Waals surface area (Å²) < 4.78 is 54.7. The van der Waals surface area contributed by atoms with Crippen LogP contribution in [0.15, 0.2) is 47.4 Å². The maximum absolute atomic E-state index is 14.5. The van der Waals surface area contributed by atoms with Crippen molar-refractivity contribution in [2.75, 3.05) is 13.1 Å². The maximum atomic E-state index is 14.5. The fraction of sp³-hybridized carbons (Fsp3) is 0.409. The van der Waals surface area contributed by atoms with E-state index in [-0.39, 0.29) is 22.8 Å². The van der Waals surface area contributed by atoms with Crippen molar-refractivity contribution in [1.29, 1.82) is 0 Å². The predicted molar refractivity (Wildman–Crippen MR) is 112 cm³/mol. The molecule has 1 heterocycles. The van der Waals surface area contributed by atoms with Gasteiger partial charge in [0.1, 0.15) is 11.6 Å². The van der Waals surface area contributed by atoms with Crippen LogP contribution in [0.2, 0.25) is 5.02 Å². The molecule has 1 atom stereocenters. The zero-order valence-corrected chi connectivity index (χ0v) is 18.1. The van der Waals surface area contributed by atoms with E-state index in [1.165, 1.54) is 24.3 Å². The molecule has 2 aromatic carbocycles. The van der Waals surface area contributed by atoms with E-state index >= 15 is 0 Å². The topological polar surface area (TPSA) is 54.5 Å². The predicted octanol–water partition coefficient (Wildman–Crippen LogP) is 5.32. The number of halogens is 3. The highest BCUT2D eigenvalue weighted by molar-refractivity contribution is 7.91. The molecule has 1 saturated heterocycles. The van der Waals surface area contributed by atoms with Crippen molar-refractivity contribution in [1.82, 2.24) is 4.90 Å². The van der Waals surface area contributed by atoms with E-state index in [1.807, 2.05) is 4.90 Å². The number of benzene rings is 2. The number of likely N-dealkylation sites (tertiary alicyclic amines) is 1. The second-order valence-corrected chi connectivity index (χ2v) is 10.1. The molecule has 4 nitrogen and oxygen atoms in total. The summed E-state index contributed by atoms with van der Waals surface area (Å²) in [5, 5.41) is -0.876.